The zero-order chi connectivity index (χ0) is 16.4. The van der Waals surface area contributed by atoms with E-state index in [0.717, 1.165) is 27.2 Å². The molecule has 0 saturated heterocycles. The van der Waals surface area contributed by atoms with E-state index in [9.17, 15) is 4.39 Å². The summed E-state index contributed by atoms with van der Waals surface area (Å²) >= 11 is 1.61. The van der Waals surface area contributed by atoms with Gasteiger partial charge >= 0.3 is 0 Å². The normalized spacial score (nSPS) is 16.2. The lowest BCUT2D eigenvalue weighted by molar-refractivity contribution is 0.618. The van der Waals surface area contributed by atoms with E-state index < -0.39 is 0 Å². The van der Waals surface area contributed by atoms with Gasteiger partial charge in [-0.2, -0.15) is 0 Å². The average molecular weight is 341 g/mol. The number of anilines is 1. The molecular weight excluding hydrogens is 321 g/mol. The minimum atomic E-state index is -0.216. The van der Waals surface area contributed by atoms with Gasteiger partial charge in [-0.3, -0.25) is 0 Å². The van der Waals surface area contributed by atoms with Crippen molar-refractivity contribution < 1.29 is 4.39 Å². The molecule has 1 N–H and O–H groups in total. The molecule has 0 atom stereocenters. The number of thiophene rings is 1. The number of fused-ring (bicyclic) bond motifs is 1. The lowest BCUT2D eigenvalue weighted by Crippen LogP contribution is -2.19. The Bertz CT molecular complexity index is 820. The highest BCUT2D eigenvalue weighted by atomic mass is 32.1. The second-order valence-electron chi connectivity index (χ2n) is 6.39. The van der Waals surface area contributed by atoms with Gasteiger partial charge in [-0.15, -0.1) is 11.3 Å². The van der Waals surface area contributed by atoms with E-state index in [1.54, 1.807) is 17.7 Å². The van der Waals surface area contributed by atoms with Crippen molar-refractivity contribution in [2.45, 2.75) is 44.6 Å². The van der Waals surface area contributed by atoms with Crippen LogP contribution in [0.15, 0.2) is 36.0 Å². The summed E-state index contributed by atoms with van der Waals surface area (Å²) in [6.07, 6.45) is 9.24. The van der Waals surface area contributed by atoms with Gasteiger partial charge in [0.05, 0.1) is 5.39 Å². The van der Waals surface area contributed by atoms with E-state index in [-0.39, 0.29) is 5.82 Å². The summed E-state index contributed by atoms with van der Waals surface area (Å²) in [7, 11) is 0. The first-order valence-electron chi connectivity index (χ1n) is 8.56. The third kappa shape index (κ3) is 3.13. The molecule has 2 heterocycles. The summed E-state index contributed by atoms with van der Waals surface area (Å²) in [5.74, 6) is 0.693. The molecule has 124 valence electrons. The average Bonchev–Trinajstić information content (AvgIpc) is 2.87. The summed E-state index contributed by atoms with van der Waals surface area (Å²) in [5.41, 5.74) is 2.08. The molecular formula is C19H20FN3S. The summed E-state index contributed by atoms with van der Waals surface area (Å²) in [5, 5.41) is 6.80. The van der Waals surface area contributed by atoms with Gasteiger partial charge in [0.15, 0.2) is 0 Å². The lowest BCUT2D eigenvalue weighted by atomic mass is 10.1. The maximum absolute atomic E-state index is 13.2. The van der Waals surface area contributed by atoms with E-state index in [1.807, 2.05) is 12.1 Å². The molecule has 1 aliphatic carbocycles. The van der Waals surface area contributed by atoms with E-state index in [2.05, 4.69) is 20.7 Å². The fraction of sp³-hybridized carbons (Fsp3) is 0.368. The maximum atomic E-state index is 13.2. The van der Waals surface area contributed by atoms with E-state index in [0.29, 0.717) is 6.04 Å². The summed E-state index contributed by atoms with van der Waals surface area (Å²) in [6.45, 7) is 0. The highest BCUT2D eigenvalue weighted by Gasteiger charge is 2.17. The summed E-state index contributed by atoms with van der Waals surface area (Å²) in [4.78, 5) is 9.90. The lowest BCUT2D eigenvalue weighted by Gasteiger charge is -2.17. The van der Waals surface area contributed by atoms with Crippen LogP contribution in [0.5, 0.6) is 0 Å². The van der Waals surface area contributed by atoms with Crippen LogP contribution in [0.25, 0.3) is 21.3 Å². The molecule has 1 fully saturated rings. The van der Waals surface area contributed by atoms with Crippen LogP contribution >= 0.6 is 11.3 Å². The minimum Gasteiger partial charge on any atom is -0.367 e. The number of aromatic nitrogens is 2. The second-order valence-corrected chi connectivity index (χ2v) is 7.25. The molecule has 0 spiro atoms. The molecule has 2 aromatic heterocycles. The maximum Gasteiger partial charge on any atom is 0.139 e. The topological polar surface area (TPSA) is 37.8 Å². The Hall–Kier alpha value is -2.01. The molecule has 5 heteroatoms. The first-order valence-corrected chi connectivity index (χ1v) is 9.44. The number of hydrogen-bond donors (Lipinski definition) is 1. The molecule has 0 aliphatic heterocycles. The van der Waals surface area contributed by atoms with Crippen LogP contribution in [-0.2, 0) is 0 Å². The molecule has 0 amide bonds. The quantitative estimate of drug-likeness (QED) is 0.627. The van der Waals surface area contributed by atoms with Crippen molar-refractivity contribution >= 4 is 27.4 Å². The predicted molar refractivity (Wildman–Crippen MR) is 97.9 cm³/mol. The first-order chi connectivity index (χ1) is 11.8. The third-order valence-corrected chi connectivity index (χ3v) is 5.61. The Balaban J connectivity index is 1.72. The van der Waals surface area contributed by atoms with Crippen LogP contribution in [0.2, 0.25) is 0 Å². The van der Waals surface area contributed by atoms with Crippen molar-refractivity contribution in [1.29, 1.82) is 0 Å². The molecule has 0 bridgehead atoms. The van der Waals surface area contributed by atoms with Crippen molar-refractivity contribution in [3.05, 3.63) is 41.8 Å². The summed E-state index contributed by atoms with van der Waals surface area (Å²) < 4.78 is 13.2. The number of rotatable bonds is 3. The van der Waals surface area contributed by atoms with Gasteiger partial charge in [0.2, 0.25) is 0 Å². The number of nitrogens with one attached hydrogen (secondary N) is 1. The molecule has 3 aromatic rings. The SMILES string of the molecule is Fc1ccc(-c2csc3ncnc(NC4CCCCCC4)c23)cc1. The zero-order valence-electron chi connectivity index (χ0n) is 13.5. The van der Waals surface area contributed by atoms with Crippen molar-refractivity contribution in [2.24, 2.45) is 0 Å². The molecule has 4 rings (SSSR count). The molecule has 1 aromatic carbocycles. The molecule has 0 unspecified atom stereocenters. The van der Waals surface area contributed by atoms with Gasteiger partial charge in [0, 0.05) is 17.0 Å². The van der Waals surface area contributed by atoms with Crippen LogP contribution in [-0.4, -0.2) is 16.0 Å². The van der Waals surface area contributed by atoms with Crippen LogP contribution < -0.4 is 5.32 Å². The van der Waals surface area contributed by atoms with Crippen molar-refractivity contribution in [3.63, 3.8) is 0 Å². The van der Waals surface area contributed by atoms with Gasteiger partial charge in [0.1, 0.15) is 22.8 Å². The molecule has 3 nitrogen and oxygen atoms in total. The number of hydrogen-bond acceptors (Lipinski definition) is 4. The van der Waals surface area contributed by atoms with E-state index >= 15 is 0 Å². The molecule has 1 aliphatic rings. The monoisotopic (exact) mass is 341 g/mol. The van der Waals surface area contributed by atoms with E-state index in [4.69, 9.17) is 0 Å². The van der Waals surface area contributed by atoms with Gasteiger partial charge < -0.3 is 5.32 Å². The van der Waals surface area contributed by atoms with Gasteiger partial charge in [-0.25, -0.2) is 14.4 Å². The molecule has 1 saturated carbocycles. The molecule has 0 radical (unpaired) electrons. The summed E-state index contributed by atoms with van der Waals surface area (Å²) in [6, 6.07) is 7.12. The fourth-order valence-electron chi connectivity index (χ4n) is 3.44. The number of nitrogens with zero attached hydrogens (tertiary/aromatic N) is 2. The smallest absolute Gasteiger partial charge is 0.139 e. The van der Waals surface area contributed by atoms with E-state index in [1.165, 1.54) is 50.7 Å². The third-order valence-electron chi connectivity index (χ3n) is 4.72. The highest BCUT2D eigenvalue weighted by Crippen LogP contribution is 2.37. The Labute approximate surface area is 145 Å². The molecule has 24 heavy (non-hydrogen) atoms. The first kappa shape index (κ1) is 15.5. The van der Waals surface area contributed by atoms with Crippen LogP contribution in [0.1, 0.15) is 38.5 Å². The van der Waals surface area contributed by atoms with Crippen molar-refractivity contribution in [1.82, 2.24) is 9.97 Å². The van der Waals surface area contributed by atoms with Gasteiger partial charge in [-0.1, -0.05) is 37.8 Å². The zero-order valence-corrected chi connectivity index (χ0v) is 14.3. The fourth-order valence-corrected chi connectivity index (χ4v) is 4.36. The minimum absolute atomic E-state index is 0.216. The number of halogens is 1. The Kier molecular flexibility index (Phi) is 4.43. The van der Waals surface area contributed by atoms with Crippen LogP contribution in [0.4, 0.5) is 10.2 Å². The van der Waals surface area contributed by atoms with Crippen LogP contribution in [0, 0.1) is 5.82 Å². The Morgan fingerprint density at radius 1 is 1.00 bits per heavy atom. The predicted octanol–water partition coefficient (Wildman–Crippen LogP) is 5.63. The second kappa shape index (κ2) is 6.85. The Morgan fingerprint density at radius 2 is 1.75 bits per heavy atom. The number of benzene rings is 1. The van der Waals surface area contributed by atoms with Gasteiger partial charge in [-0.05, 0) is 30.5 Å². The largest absolute Gasteiger partial charge is 0.367 e. The Morgan fingerprint density at radius 3 is 2.50 bits per heavy atom. The highest BCUT2D eigenvalue weighted by molar-refractivity contribution is 7.17. The van der Waals surface area contributed by atoms with Crippen molar-refractivity contribution in [3.8, 4) is 11.1 Å². The van der Waals surface area contributed by atoms with Crippen LogP contribution in [0.3, 0.4) is 0 Å². The standard InChI is InChI=1S/C19H20FN3S/c20-14-9-7-13(8-10-14)16-11-24-19-17(16)18(21-12-22-19)23-15-5-3-1-2-4-6-15/h7-12,15H,1-6H2,(H,21,22,23). The van der Waals surface area contributed by atoms with Crippen molar-refractivity contribution in [2.75, 3.05) is 5.32 Å². The van der Waals surface area contributed by atoms with Gasteiger partial charge in [0.25, 0.3) is 0 Å².